The number of hydrazone groups is 1. The van der Waals surface area contributed by atoms with Crippen LogP contribution in [-0.2, 0) is 15.8 Å². The lowest BCUT2D eigenvalue weighted by molar-refractivity contribution is -0.137. The lowest BCUT2D eigenvalue weighted by Gasteiger charge is -2.46. The molecule has 4 rings (SSSR count). The number of carbonyl (C=O) groups excluding carboxylic acids is 2. The molecule has 0 spiro atoms. The minimum Gasteiger partial charge on any atom is -0.352 e. The molecule has 0 N–H and O–H groups in total. The monoisotopic (exact) mass is 673 g/mol. The van der Waals surface area contributed by atoms with Gasteiger partial charge < -0.3 is 14.7 Å². The van der Waals surface area contributed by atoms with Crippen LogP contribution in [0.3, 0.4) is 0 Å². The Balaban J connectivity index is 1.73. The highest BCUT2D eigenvalue weighted by Crippen LogP contribution is 2.41. The second-order valence-electron chi connectivity index (χ2n) is 11.5. The van der Waals surface area contributed by atoms with Crippen LogP contribution in [0.1, 0.15) is 49.9 Å². The Hall–Kier alpha value is -4.22. The number of piperazine rings is 1. The fourth-order valence-electron chi connectivity index (χ4n) is 5.97. The minimum absolute atomic E-state index is 0.0722. The third-order valence-corrected chi connectivity index (χ3v) is 8.60. The maximum Gasteiger partial charge on any atom is 0.419 e. The summed E-state index contributed by atoms with van der Waals surface area (Å²) in [7, 11) is 0. The van der Waals surface area contributed by atoms with Crippen LogP contribution in [0.4, 0.5) is 30.6 Å². The SMILES string of the molecule is C=CC(=O)N1CCN(c2nc(N3CC(N(CCC)CCC)C3)nc(C)c2/C=N\N(C=O)c2cccc(Cl)c2C(F)(F)F)CC1CC#N. The van der Waals surface area contributed by atoms with Gasteiger partial charge in [0.15, 0.2) is 0 Å². The summed E-state index contributed by atoms with van der Waals surface area (Å²) in [5.41, 5.74) is -0.852. The van der Waals surface area contributed by atoms with Crippen molar-refractivity contribution in [2.75, 3.05) is 60.6 Å². The molecule has 1 unspecified atom stereocenters. The first kappa shape index (κ1) is 35.6. The number of nitriles is 1. The number of benzene rings is 1. The molecule has 2 aliphatic rings. The van der Waals surface area contributed by atoms with Gasteiger partial charge in [-0.2, -0.15) is 28.5 Å². The molecular weight excluding hydrogens is 635 g/mol. The first-order valence-electron chi connectivity index (χ1n) is 15.5. The summed E-state index contributed by atoms with van der Waals surface area (Å²) in [5.74, 6) is 0.632. The van der Waals surface area contributed by atoms with E-state index in [1.807, 2.05) is 4.90 Å². The number of carbonyl (C=O) groups is 2. The summed E-state index contributed by atoms with van der Waals surface area (Å²) in [5, 5.41) is 13.6. The molecule has 2 amide bonds. The van der Waals surface area contributed by atoms with Gasteiger partial charge in [-0.15, -0.1) is 0 Å². The van der Waals surface area contributed by atoms with Gasteiger partial charge in [0.05, 0.1) is 52.3 Å². The lowest BCUT2D eigenvalue weighted by atomic mass is 10.1. The van der Waals surface area contributed by atoms with Gasteiger partial charge in [0, 0.05) is 38.8 Å². The molecule has 252 valence electrons. The lowest BCUT2D eigenvalue weighted by Crippen LogP contribution is -2.60. The van der Waals surface area contributed by atoms with Crippen LogP contribution in [0.5, 0.6) is 0 Å². The van der Waals surface area contributed by atoms with Gasteiger partial charge in [-0.25, -0.2) is 9.99 Å². The third kappa shape index (κ3) is 8.02. The van der Waals surface area contributed by atoms with Crippen molar-refractivity contribution in [3.8, 4) is 6.07 Å². The van der Waals surface area contributed by atoms with Gasteiger partial charge in [0.1, 0.15) is 5.82 Å². The maximum absolute atomic E-state index is 13.9. The average Bonchev–Trinajstić information content (AvgIpc) is 3.00. The van der Waals surface area contributed by atoms with Crippen molar-refractivity contribution in [1.29, 1.82) is 5.26 Å². The van der Waals surface area contributed by atoms with Crippen LogP contribution in [0.15, 0.2) is 36.0 Å². The summed E-state index contributed by atoms with van der Waals surface area (Å²) in [4.78, 5) is 42.3. The average molecular weight is 674 g/mol. The van der Waals surface area contributed by atoms with Crippen LogP contribution < -0.4 is 14.8 Å². The zero-order valence-corrected chi connectivity index (χ0v) is 27.5. The molecule has 0 aliphatic carbocycles. The van der Waals surface area contributed by atoms with Crippen molar-refractivity contribution in [2.45, 2.75) is 58.3 Å². The first-order chi connectivity index (χ1) is 22.5. The van der Waals surface area contributed by atoms with Crippen molar-refractivity contribution in [2.24, 2.45) is 5.10 Å². The van der Waals surface area contributed by atoms with Crippen molar-refractivity contribution < 1.29 is 22.8 Å². The molecule has 2 saturated heterocycles. The Bertz CT molecular complexity index is 1520. The van der Waals surface area contributed by atoms with Gasteiger partial charge in [-0.05, 0) is 51.1 Å². The Morgan fingerprint density at radius 1 is 1.17 bits per heavy atom. The van der Waals surface area contributed by atoms with E-state index in [9.17, 15) is 28.0 Å². The summed E-state index contributed by atoms with van der Waals surface area (Å²) in [6.07, 6.45) is -0.0323. The van der Waals surface area contributed by atoms with Crippen LogP contribution in [0.25, 0.3) is 0 Å². The molecule has 1 aromatic carbocycles. The molecule has 15 heteroatoms. The van der Waals surface area contributed by atoms with Crippen molar-refractivity contribution >= 4 is 47.6 Å². The summed E-state index contributed by atoms with van der Waals surface area (Å²) in [6, 6.07) is 5.54. The first-order valence-corrected chi connectivity index (χ1v) is 15.9. The largest absolute Gasteiger partial charge is 0.419 e. The second kappa shape index (κ2) is 15.6. The normalized spacial score (nSPS) is 17.2. The van der Waals surface area contributed by atoms with Crippen molar-refractivity contribution in [1.82, 2.24) is 19.8 Å². The molecule has 2 aliphatic heterocycles. The smallest absolute Gasteiger partial charge is 0.352 e. The molecule has 0 saturated carbocycles. The highest BCUT2D eigenvalue weighted by atomic mass is 35.5. The molecule has 1 aromatic heterocycles. The van der Waals surface area contributed by atoms with Crippen LogP contribution >= 0.6 is 11.6 Å². The fraction of sp³-hybridized carbons (Fsp3) is 0.500. The number of hydrogen-bond acceptors (Lipinski definition) is 9. The maximum atomic E-state index is 13.9. The number of aromatic nitrogens is 2. The van der Waals surface area contributed by atoms with Gasteiger partial charge in [-0.3, -0.25) is 14.5 Å². The van der Waals surface area contributed by atoms with Crippen LogP contribution in [0, 0.1) is 18.3 Å². The molecule has 0 bridgehead atoms. The quantitative estimate of drug-likeness (QED) is 0.128. The van der Waals surface area contributed by atoms with E-state index in [1.165, 1.54) is 18.4 Å². The number of alkyl halides is 3. The fourth-order valence-corrected chi connectivity index (χ4v) is 6.25. The molecule has 2 fully saturated rings. The van der Waals surface area contributed by atoms with Crippen molar-refractivity contribution in [3.05, 3.63) is 52.7 Å². The minimum atomic E-state index is -4.84. The van der Waals surface area contributed by atoms with Gasteiger partial charge in [0.25, 0.3) is 0 Å². The third-order valence-electron chi connectivity index (χ3n) is 8.29. The van der Waals surface area contributed by atoms with E-state index in [1.54, 1.807) is 11.8 Å². The van der Waals surface area contributed by atoms with E-state index in [4.69, 9.17) is 21.6 Å². The van der Waals surface area contributed by atoms with E-state index < -0.39 is 28.5 Å². The van der Waals surface area contributed by atoms with Crippen LogP contribution in [0.2, 0.25) is 5.02 Å². The van der Waals surface area contributed by atoms with Crippen LogP contribution in [-0.4, -0.2) is 96.2 Å². The summed E-state index contributed by atoms with van der Waals surface area (Å²) < 4.78 is 41.7. The number of anilines is 3. The number of aryl methyl sites for hydroxylation is 1. The van der Waals surface area contributed by atoms with E-state index in [2.05, 4.69) is 41.4 Å². The zero-order chi connectivity index (χ0) is 34.3. The number of rotatable bonds is 13. The van der Waals surface area contributed by atoms with E-state index in [-0.39, 0.29) is 25.3 Å². The number of nitrogens with zero attached hydrogens (tertiary/aromatic N) is 9. The molecule has 1 atom stereocenters. The standard InChI is InChI=1S/C32H39ClF3N9O2/c1-5-13-41(14-6-2)24-19-43(20-24)31-39-22(4)25(17-38-45(21-46)27-10-8-9-26(33)29(27)32(34,35)36)30(40-31)42-15-16-44(28(47)7-3)23(18-42)11-12-37/h7-10,17,21,23-24H,3,5-6,11,13-16,18-20H2,1-2,4H3/b38-17-. The predicted molar refractivity (Wildman–Crippen MR) is 176 cm³/mol. The Kier molecular flexibility index (Phi) is 11.8. The Morgan fingerprint density at radius 3 is 2.47 bits per heavy atom. The highest BCUT2D eigenvalue weighted by Gasteiger charge is 2.38. The number of halogens is 4. The van der Waals surface area contributed by atoms with Gasteiger partial charge >= 0.3 is 6.18 Å². The van der Waals surface area contributed by atoms with E-state index >= 15 is 0 Å². The highest BCUT2D eigenvalue weighted by molar-refractivity contribution is 6.32. The molecule has 3 heterocycles. The molecule has 2 aromatic rings. The number of hydrogen-bond donors (Lipinski definition) is 0. The molecule has 11 nitrogen and oxygen atoms in total. The van der Waals surface area contributed by atoms with Gasteiger partial charge in [-0.1, -0.05) is 38.1 Å². The number of amides is 2. The Labute approximate surface area is 277 Å². The van der Waals surface area contributed by atoms with Crippen molar-refractivity contribution in [3.63, 3.8) is 0 Å². The topological polar surface area (TPSA) is 112 Å². The van der Waals surface area contributed by atoms with E-state index in [0.29, 0.717) is 47.2 Å². The van der Waals surface area contributed by atoms with E-state index in [0.717, 1.165) is 51.2 Å². The zero-order valence-electron chi connectivity index (χ0n) is 26.8. The second-order valence-corrected chi connectivity index (χ2v) is 11.9. The Morgan fingerprint density at radius 2 is 1.87 bits per heavy atom. The molecular formula is C32H39ClF3N9O2. The summed E-state index contributed by atoms with van der Waals surface area (Å²) in [6.45, 7) is 14.0. The van der Waals surface area contributed by atoms with Gasteiger partial charge in [0.2, 0.25) is 18.3 Å². The molecule has 47 heavy (non-hydrogen) atoms. The molecule has 0 radical (unpaired) electrons. The summed E-state index contributed by atoms with van der Waals surface area (Å²) >= 11 is 5.89. The predicted octanol–water partition coefficient (Wildman–Crippen LogP) is 4.88.